The summed E-state index contributed by atoms with van der Waals surface area (Å²) < 4.78 is 11.0. The molecule has 1 aromatic carbocycles. The molecule has 3 rings (SSSR count). The number of carbonyl (C=O) groups is 1. The quantitative estimate of drug-likeness (QED) is 0.841. The standard InChI is InChI=1S/C18H21N3O3/c1-23-16-4-2-3-14(11-16)12-18(22)21-9-6-15(7-10-21)24-17-5-8-19-13-20-17/h2-5,8,11,13,15H,6-7,9-10,12H2,1H3. The average Bonchev–Trinajstić information content (AvgIpc) is 2.63. The van der Waals surface area contributed by atoms with E-state index < -0.39 is 0 Å². The SMILES string of the molecule is COc1cccc(CC(=O)N2CCC(Oc3ccncn3)CC2)c1. The van der Waals surface area contributed by atoms with Crippen molar-refractivity contribution < 1.29 is 14.3 Å². The molecule has 1 aliphatic heterocycles. The van der Waals surface area contributed by atoms with Crippen LogP contribution in [0.15, 0.2) is 42.9 Å². The third-order valence-corrected chi connectivity index (χ3v) is 4.13. The second-order valence-corrected chi connectivity index (χ2v) is 5.77. The minimum absolute atomic E-state index is 0.0979. The Morgan fingerprint density at radius 2 is 2.12 bits per heavy atom. The van der Waals surface area contributed by atoms with Gasteiger partial charge in [0.15, 0.2) is 0 Å². The van der Waals surface area contributed by atoms with E-state index in [0.717, 1.165) is 24.2 Å². The molecule has 0 N–H and O–H groups in total. The highest BCUT2D eigenvalue weighted by Crippen LogP contribution is 2.18. The third kappa shape index (κ3) is 4.22. The smallest absolute Gasteiger partial charge is 0.226 e. The van der Waals surface area contributed by atoms with Gasteiger partial charge in [0.1, 0.15) is 18.2 Å². The lowest BCUT2D eigenvalue weighted by Crippen LogP contribution is -2.42. The fourth-order valence-electron chi connectivity index (χ4n) is 2.81. The van der Waals surface area contributed by atoms with Crippen LogP contribution >= 0.6 is 0 Å². The lowest BCUT2D eigenvalue weighted by Gasteiger charge is -2.32. The molecular weight excluding hydrogens is 306 g/mol. The van der Waals surface area contributed by atoms with E-state index in [-0.39, 0.29) is 12.0 Å². The zero-order chi connectivity index (χ0) is 16.8. The molecule has 126 valence electrons. The maximum absolute atomic E-state index is 12.5. The van der Waals surface area contributed by atoms with Gasteiger partial charge < -0.3 is 14.4 Å². The van der Waals surface area contributed by atoms with Crippen LogP contribution in [0.4, 0.5) is 0 Å². The molecule has 1 aliphatic rings. The summed E-state index contributed by atoms with van der Waals surface area (Å²) in [6.45, 7) is 1.41. The molecule has 6 nitrogen and oxygen atoms in total. The van der Waals surface area contributed by atoms with Gasteiger partial charge in [0.2, 0.25) is 11.8 Å². The summed E-state index contributed by atoms with van der Waals surface area (Å²) in [5.41, 5.74) is 0.971. The fraction of sp³-hybridized carbons (Fsp3) is 0.389. The molecule has 24 heavy (non-hydrogen) atoms. The van der Waals surface area contributed by atoms with Crippen LogP contribution in [0.2, 0.25) is 0 Å². The van der Waals surface area contributed by atoms with Gasteiger partial charge in [-0.05, 0) is 17.7 Å². The third-order valence-electron chi connectivity index (χ3n) is 4.13. The summed E-state index contributed by atoms with van der Waals surface area (Å²) in [7, 11) is 1.63. The number of hydrogen-bond acceptors (Lipinski definition) is 5. The van der Waals surface area contributed by atoms with Gasteiger partial charge in [0, 0.05) is 38.2 Å². The first-order chi connectivity index (χ1) is 11.7. The summed E-state index contributed by atoms with van der Waals surface area (Å²) in [6, 6.07) is 9.39. The number of nitrogens with zero attached hydrogens (tertiary/aromatic N) is 3. The Labute approximate surface area is 141 Å². The zero-order valence-electron chi connectivity index (χ0n) is 13.7. The zero-order valence-corrected chi connectivity index (χ0v) is 13.7. The molecule has 2 heterocycles. The van der Waals surface area contributed by atoms with E-state index in [9.17, 15) is 4.79 Å². The largest absolute Gasteiger partial charge is 0.497 e. The molecule has 0 spiro atoms. The predicted molar refractivity (Wildman–Crippen MR) is 89.0 cm³/mol. The maximum Gasteiger partial charge on any atom is 0.226 e. The number of piperidine rings is 1. The van der Waals surface area contributed by atoms with Crippen LogP contribution in [0.1, 0.15) is 18.4 Å². The van der Waals surface area contributed by atoms with Gasteiger partial charge in [0.25, 0.3) is 0 Å². The van der Waals surface area contributed by atoms with Crippen molar-refractivity contribution in [2.75, 3.05) is 20.2 Å². The van der Waals surface area contributed by atoms with Crippen LogP contribution in [-0.4, -0.2) is 47.1 Å². The van der Waals surface area contributed by atoms with E-state index in [0.29, 0.717) is 25.4 Å². The van der Waals surface area contributed by atoms with Gasteiger partial charge in [-0.1, -0.05) is 12.1 Å². The minimum Gasteiger partial charge on any atom is -0.497 e. The number of carbonyl (C=O) groups excluding carboxylic acids is 1. The first kappa shape index (κ1) is 16.2. The molecule has 0 radical (unpaired) electrons. The number of ether oxygens (including phenoxy) is 2. The molecular formula is C18H21N3O3. The fourth-order valence-corrected chi connectivity index (χ4v) is 2.81. The van der Waals surface area contributed by atoms with Crippen LogP contribution in [-0.2, 0) is 11.2 Å². The average molecular weight is 327 g/mol. The number of amides is 1. The monoisotopic (exact) mass is 327 g/mol. The second-order valence-electron chi connectivity index (χ2n) is 5.77. The first-order valence-electron chi connectivity index (χ1n) is 8.08. The molecule has 0 saturated carbocycles. The van der Waals surface area contributed by atoms with E-state index in [4.69, 9.17) is 9.47 Å². The van der Waals surface area contributed by atoms with E-state index in [2.05, 4.69) is 9.97 Å². The van der Waals surface area contributed by atoms with Crippen LogP contribution < -0.4 is 9.47 Å². The highest BCUT2D eigenvalue weighted by molar-refractivity contribution is 5.79. The van der Waals surface area contributed by atoms with Crippen molar-refractivity contribution in [3.63, 3.8) is 0 Å². The van der Waals surface area contributed by atoms with E-state index in [1.807, 2.05) is 29.2 Å². The molecule has 0 aliphatic carbocycles. The molecule has 1 fully saturated rings. The van der Waals surface area contributed by atoms with Crippen molar-refractivity contribution >= 4 is 5.91 Å². The molecule has 0 atom stereocenters. The highest BCUT2D eigenvalue weighted by Gasteiger charge is 2.24. The second kappa shape index (κ2) is 7.77. The van der Waals surface area contributed by atoms with E-state index in [1.165, 1.54) is 6.33 Å². The predicted octanol–water partition coefficient (Wildman–Crippen LogP) is 2.10. The van der Waals surface area contributed by atoms with Crippen molar-refractivity contribution in [1.29, 1.82) is 0 Å². The molecule has 1 amide bonds. The number of methoxy groups -OCH3 is 1. The van der Waals surface area contributed by atoms with Gasteiger partial charge in [-0.25, -0.2) is 9.97 Å². The van der Waals surface area contributed by atoms with E-state index in [1.54, 1.807) is 19.4 Å². The van der Waals surface area contributed by atoms with Gasteiger partial charge in [-0.3, -0.25) is 4.79 Å². The normalized spacial score (nSPS) is 15.1. The van der Waals surface area contributed by atoms with Crippen LogP contribution in [0.5, 0.6) is 11.6 Å². The summed E-state index contributed by atoms with van der Waals surface area (Å²) in [6.07, 6.45) is 5.26. The Bertz CT molecular complexity index is 670. The lowest BCUT2D eigenvalue weighted by atomic mass is 10.1. The number of likely N-dealkylation sites (tertiary alicyclic amines) is 1. The highest BCUT2D eigenvalue weighted by atomic mass is 16.5. The topological polar surface area (TPSA) is 64.5 Å². The number of aromatic nitrogens is 2. The summed E-state index contributed by atoms with van der Waals surface area (Å²) >= 11 is 0. The van der Waals surface area contributed by atoms with Crippen molar-refractivity contribution in [3.05, 3.63) is 48.4 Å². The Morgan fingerprint density at radius 3 is 2.83 bits per heavy atom. The van der Waals surface area contributed by atoms with Gasteiger partial charge in [0.05, 0.1) is 13.5 Å². The molecule has 2 aromatic rings. The van der Waals surface area contributed by atoms with Crippen molar-refractivity contribution in [3.8, 4) is 11.6 Å². The van der Waals surface area contributed by atoms with Gasteiger partial charge in [-0.15, -0.1) is 0 Å². The minimum atomic E-state index is 0.0979. The number of hydrogen-bond donors (Lipinski definition) is 0. The Kier molecular flexibility index (Phi) is 5.25. The first-order valence-corrected chi connectivity index (χ1v) is 8.08. The number of benzene rings is 1. The molecule has 1 aromatic heterocycles. The van der Waals surface area contributed by atoms with Crippen molar-refractivity contribution in [1.82, 2.24) is 14.9 Å². The van der Waals surface area contributed by atoms with Crippen LogP contribution in [0.3, 0.4) is 0 Å². The number of rotatable bonds is 5. The molecule has 0 unspecified atom stereocenters. The summed E-state index contributed by atoms with van der Waals surface area (Å²) in [5.74, 6) is 1.51. The Morgan fingerprint density at radius 1 is 1.29 bits per heavy atom. The lowest BCUT2D eigenvalue weighted by molar-refractivity contribution is -0.132. The Balaban J connectivity index is 1.49. The van der Waals surface area contributed by atoms with Crippen LogP contribution in [0.25, 0.3) is 0 Å². The van der Waals surface area contributed by atoms with Crippen molar-refractivity contribution in [2.45, 2.75) is 25.4 Å². The Hall–Kier alpha value is -2.63. The van der Waals surface area contributed by atoms with Gasteiger partial charge >= 0.3 is 0 Å². The molecule has 6 heteroatoms. The van der Waals surface area contributed by atoms with Gasteiger partial charge in [-0.2, -0.15) is 0 Å². The van der Waals surface area contributed by atoms with Crippen LogP contribution in [0, 0.1) is 0 Å². The summed E-state index contributed by atoms with van der Waals surface area (Å²) in [4.78, 5) is 22.3. The molecule has 1 saturated heterocycles. The maximum atomic E-state index is 12.5. The summed E-state index contributed by atoms with van der Waals surface area (Å²) in [5, 5.41) is 0. The van der Waals surface area contributed by atoms with E-state index >= 15 is 0 Å². The van der Waals surface area contributed by atoms with Crippen molar-refractivity contribution in [2.24, 2.45) is 0 Å². The molecule has 0 bridgehead atoms.